The van der Waals surface area contributed by atoms with Crippen LogP contribution in [0.25, 0.3) is 0 Å². The number of ether oxygens (including phenoxy) is 2. The minimum absolute atomic E-state index is 0.329. The van der Waals surface area contributed by atoms with E-state index in [0.29, 0.717) is 6.10 Å². The van der Waals surface area contributed by atoms with Crippen molar-refractivity contribution in [2.75, 3.05) is 6.61 Å². The summed E-state index contributed by atoms with van der Waals surface area (Å²) in [5.74, 6) is -0.329. The number of carbonyl (C=O) groups is 1. The Morgan fingerprint density at radius 3 is 2.30 bits per heavy atom. The fraction of sp³-hybridized carbons (Fsp3) is 0.571. The van der Waals surface area contributed by atoms with Gasteiger partial charge in [0, 0.05) is 6.92 Å². The Hall–Kier alpha value is -0.830. The number of rotatable bonds is 1. The van der Waals surface area contributed by atoms with Gasteiger partial charge in [0.05, 0.1) is 19.0 Å². The molecule has 0 N–H and O–H groups in total. The molecule has 0 saturated carbocycles. The van der Waals surface area contributed by atoms with Crippen molar-refractivity contribution in [3.05, 3.63) is 12.8 Å². The lowest BCUT2D eigenvalue weighted by atomic mass is 10.6. The highest BCUT2D eigenvalue weighted by Gasteiger charge is 2.13. The number of carbonyl (C=O) groups excluding carboxylic acids is 1. The molecule has 0 aromatic carbocycles. The number of hydrogen-bond donors (Lipinski definition) is 0. The SMILES string of the molecule is C=COC(C)=O.CC1CO1. The molecule has 3 heteroatoms. The lowest BCUT2D eigenvalue weighted by Crippen LogP contribution is -1.87. The Labute approximate surface area is 60.6 Å². The predicted molar refractivity (Wildman–Crippen MR) is 37.4 cm³/mol. The standard InChI is InChI=1S/C4H6O2.C3H6O/c1-3-6-4(2)5;1-3-2-4-3/h3H,1H2,2H3;3H,2H2,1H3. The molecular formula is C7H12O3. The van der Waals surface area contributed by atoms with Crippen LogP contribution in [0.3, 0.4) is 0 Å². The van der Waals surface area contributed by atoms with Gasteiger partial charge >= 0.3 is 5.97 Å². The maximum absolute atomic E-state index is 9.75. The summed E-state index contributed by atoms with van der Waals surface area (Å²) in [6.45, 7) is 7.52. The molecule has 1 rings (SSSR count). The van der Waals surface area contributed by atoms with Gasteiger partial charge in [0.25, 0.3) is 0 Å². The molecule has 1 heterocycles. The molecule has 1 saturated heterocycles. The number of epoxide rings is 1. The van der Waals surface area contributed by atoms with Gasteiger partial charge in [0.2, 0.25) is 0 Å². The van der Waals surface area contributed by atoms with Crippen molar-refractivity contribution in [1.82, 2.24) is 0 Å². The van der Waals surface area contributed by atoms with Gasteiger partial charge in [-0.1, -0.05) is 6.58 Å². The highest BCUT2D eigenvalue weighted by atomic mass is 16.6. The Balaban J connectivity index is 0.000000172. The molecule has 1 unspecified atom stereocenters. The topological polar surface area (TPSA) is 38.8 Å². The maximum Gasteiger partial charge on any atom is 0.307 e. The van der Waals surface area contributed by atoms with Gasteiger partial charge < -0.3 is 9.47 Å². The number of esters is 1. The average Bonchev–Trinajstić information content (AvgIpc) is 2.52. The normalized spacial score (nSPS) is 20.0. The molecule has 0 amide bonds. The third-order valence-corrected chi connectivity index (χ3v) is 0.749. The molecule has 1 aliphatic heterocycles. The first-order chi connectivity index (χ1) is 4.66. The van der Waals surface area contributed by atoms with Crippen molar-refractivity contribution in [2.24, 2.45) is 0 Å². The molecule has 10 heavy (non-hydrogen) atoms. The molecule has 0 aliphatic carbocycles. The van der Waals surface area contributed by atoms with Crippen LogP contribution in [-0.2, 0) is 14.3 Å². The first-order valence-electron chi connectivity index (χ1n) is 3.06. The fourth-order valence-electron chi connectivity index (χ4n) is 0.214. The summed E-state index contributed by atoms with van der Waals surface area (Å²) >= 11 is 0. The van der Waals surface area contributed by atoms with E-state index in [2.05, 4.69) is 18.2 Å². The molecule has 0 radical (unpaired) electrons. The van der Waals surface area contributed by atoms with Gasteiger partial charge in [-0.3, -0.25) is 4.79 Å². The maximum atomic E-state index is 9.75. The van der Waals surface area contributed by atoms with E-state index in [9.17, 15) is 4.79 Å². The number of hydrogen-bond acceptors (Lipinski definition) is 3. The highest BCUT2D eigenvalue weighted by Crippen LogP contribution is 2.04. The second-order valence-electron chi connectivity index (χ2n) is 1.92. The lowest BCUT2D eigenvalue weighted by Gasteiger charge is -1.83. The fourth-order valence-corrected chi connectivity index (χ4v) is 0.214. The average molecular weight is 144 g/mol. The van der Waals surface area contributed by atoms with Gasteiger partial charge in [-0.2, -0.15) is 0 Å². The van der Waals surface area contributed by atoms with Crippen LogP contribution in [0.1, 0.15) is 13.8 Å². The van der Waals surface area contributed by atoms with E-state index in [-0.39, 0.29) is 5.97 Å². The summed E-state index contributed by atoms with van der Waals surface area (Å²) < 4.78 is 8.88. The van der Waals surface area contributed by atoms with Crippen LogP contribution in [-0.4, -0.2) is 18.7 Å². The summed E-state index contributed by atoms with van der Waals surface area (Å²) in [5, 5.41) is 0. The van der Waals surface area contributed by atoms with E-state index in [4.69, 9.17) is 4.74 Å². The van der Waals surface area contributed by atoms with Crippen molar-refractivity contribution in [2.45, 2.75) is 20.0 Å². The van der Waals surface area contributed by atoms with E-state index in [0.717, 1.165) is 12.9 Å². The van der Waals surface area contributed by atoms with Crippen LogP contribution in [0.5, 0.6) is 0 Å². The molecule has 58 valence electrons. The summed E-state index contributed by atoms with van der Waals surface area (Å²) in [7, 11) is 0. The lowest BCUT2D eigenvalue weighted by molar-refractivity contribution is -0.135. The van der Waals surface area contributed by atoms with Crippen LogP contribution in [0.15, 0.2) is 12.8 Å². The van der Waals surface area contributed by atoms with Crippen molar-refractivity contribution in [3.8, 4) is 0 Å². The van der Waals surface area contributed by atoms with Crippen molar-refractivity contribution in [3.63, 3.8) is 0 Å². The molecule has 0 aromatic rings. The second kappa shape index (κ2) is 4.99. The molecule has 1 atom stereocenters. The van der Waals surface area contributed by atoms with Crippen LogP contribution in [0.4, 0.5) is 0 Å². The van der Waals surface area contributed by atoms with E-state index >= 15 is 0 Å². The van der Waals surface area contributed by atoms with Gasteiger partial charge in [0.1, 0.15) is 0 Å². The third-order valence-electron chi connectivity index (χ3n) is 0.749. The summed E-state index contributed by atoms with van der Waals surface area (Å²) in [5.41, 5.74) is 0. The molecule has 1 fully saturated rings. The van der Waals surface area contributed by atoms with Crippen LogP contribution >= 0.6 is 0 Å². The largest absolute Gasteiger partial charge is 0.435 e. The Morgan fingerprint density at radius 1 is 1.90 bits per heavy atom. The van der Waals surface area contributed by atoms with E-state index in [1.807, 2.05) is 0 Å². The monoisotopic (exact) mass is 144 g/mol. The molecule has 0 bridgehead atoms. The summed E-state index contributed by atoms with van der Waals surface area (Å²) in [4.78, 5) is 9.75. The van der Waals surface area contributed by atoms with Crippen molar-refractivity contribution < 1.29 is 14.3 Å². The smallest absolute Gasteiger partial charge is 0.307 e. The second-order valence-corrected chi connectivity index (χ2v) is 1.92. The highest BCUT2D eigenvalue weighted by molar-refractivity contribution is 5.66. The first kappa shape index (κ1) is 9.17. The quantitative estimate of drug-likeness (QED) is 0.314. The van der Waals surface area contributed by atoms with E-state index < -0.39 is 0 Å². The van der Waals surface area contributed by atoms with Gasteiger partial charge in [-0.25, -0.2) is 0 Å². The van der Waals surface area contributed by atoms with Gasteiger partial charge in [-0.05, 0) is 6.92 Å². The molecule has 3 nitrogen and oxygen atoms in total. The van der Waals surface area contributed by atoms with Crippen LogP contribution in [0, 0.1) is 0 Å². The zero-order valence-electron chi connectivity index (χ0n) is 6.29. The Kier molecular flexibility index (Phi) is 4.58. The van der Waals surface area contributed by atoms with E-state index in [1.54, 1.807) is 0 Å². The minimum atomic E-state index is -0.329. The molecule has 0 aromatic heterocycles. The molecule has 0 spiro atoms. The van der Waals surface area contributed by atoms with Crippen molar-refractivity contribution >= 4 is 5.97 Å². The first-order valence-corrected chi connectivity index (χ1v) is 3.06. The summed E-state index contributed by atoms with van der Waals surface area (Å²) in [6, 6.07) is 0. The van der Waals surface area contributed by atoms with E-state index in [1.165, 1.54) is 6.92 Å². The predicted octanol–water partition coefficient (Wildman–Crippen LogP) is 1.10. The Morgan fingerprint density at radius 2 is 2.30 bits per heavy atom. The van der Waals surface area contributed by atoms with Crippen LogP contribution < -0.4 is 0 Å². The minimum Gasteiger partial charge on any atom is -0.435 e. The zero-order valence-corrected chi connectivity index (χ0v) is 6.29. The zero-order chi connectivity index (χ0) is 7.98. The summed E-state index contributed by atoms with van der Waals surface area (Å²) in [6.07, 6.45) is 1.68. The Bertz CT molecular complexity index is 116. The van der Waals surface area contributed by atoms with Crippen molar-refractivity contribution in [1.29, 1.82) is 0 Å². The molecule has 1 aliphatic rings. The third kappa shape index (κ3) is 10.2. The van der Waals surface area contributed by atoms with Crippen LogP contribution in [0.2, 0.25) is 0 Å². The van der Waals surface area contributed by atoms with Gasteiger partial charge in [0.15, 0.2) is 0 Å². The molecular weight excluding hydrogens is 132 g/mol. The van der Waals surface area contributed by atoms with Gasteiger partial charge in [-0.15, -0.1) is 0 Å².